The lowest BCUT2D eigenvalue weighted by atomic mass is 9.48. The molecule has 4 bridgehead atoms. The van der Waals surface area contributed by atoms with Crippen LogP contribution in [0.1, 0.15) is 50.5 Å². The molecule has 4 aliphatic carbocycles. The first-order valence-electron chi connectivity index (χ1n) is 10.8. The Labute approximate surface area is 171 Å². The van der Waals surface area contributed by atoms with Crippen molar-refractivity contribution in [3.8, 4) is 0 Å². The summed E-state index contributed by atoms with van der Waals surface area (Å²) in [6.07, 6.45) is 8.35. The summed E-state index contributed by atoms with van der Waals surface area (Å²) < 4.78 is 1.21. The van der Waals surface area contributed by atoms with Crippen LogP contribution in [0.5, 0.6) is 0 Å². The average molecular weight is 398 g/mol. The van der Waals surface area contributed by atoms with E-state index in [1.54, 1.807) is 11.3 Å². The van der Waals surface area contributed by atoms with Gasteiger partial charge in [0.15, 0.2) is 0 Å². The third-order valence-electron chi connectivity index (χ3n) is 7.54. The second-order valence-corrected chi connectivity index (χ2v) is 10.9. The van der Waals surface area contributed by atoms with Gasteiger partial charge >= 0.3 is 0 Å². The molecule has 4 aliphatic rings. The molecule has 0 saturated heterocycles. The normalized spacial score (nSPS) is 32.2. The third kappa shape index (κ3) is 3.48. The number of nitrogens with zero attached hydrogens (tertiary/aromatic N) is 2. The van der Waals surface area contributed by atoms with Gasteiger partial charge in [0.05, 0.1) is 23.3 Å². The smallest absolute Gasteiger partial charge is 0.234 e. The van der Waals surface area contributed by atoms with Crippen molar-refractivity contribution in [2.45, 2.75) is 58.0 Å². The van der Waals surface area contributed by atoms with Crippen LogP contribution in [0, 0.1) is 23.2 Å². The maximum atomic E-state index is 12.7. The molecule has 6 rings (SSSR count). The molecule has 1 amide bonds. The standard InChI is InChI=1S/C23H31N3OS/c1-15(23-10-16-7-17(11-23)9-18(8-16)12-23)24-21(27)13-26(2)14-22-25-19-5-3-4-6-20(19)28-22/h3-6,15-18H,7-14H2,1-2H3,(H,24,27)/t15-,16?,17?,18?,23?/m1/s1. The van der Waals surface area contributed by atoms with Gasteiger partial charge in [0.1, 0.15) is 5.01 Å². The van der Waals surface area contributed by atoms with Crippen molar-refractivity contribution in [2.75, 3.05) is 13.6 Å². The van der Waals surface area contributed by atoms with Crippen LogP contribution in [-0.4, -0.2) is 35.4 Å². The maximum absolute atomic E-state index is 12.7. The van der Waals surface area contributed by atoms with E-state index in [1.807, 2.05) is 19.2 Å². The largest absolute Gasteiger partial charge is 0.352 e. The number of rotatable bonds is 6. The minimum atomic E-state index is 0.159. The predicted molar refractivity (Wildman–Crippen MR) is 114 cm³/mol. The Morgan fingerprint density at radius 1 is 1.21 bits per heavy atom. The van der Waals surface area contributed by atoms with E-state index in [1.165, 1.54) is 43.2 Å². The maximum Gasteiger partial charge on any atom is 0.234 e. The van der Waals surface area contributed by atoms with Crippen LogP contribution in [0.4, 0.5) is 0 Å². The molecule has 4 fully saturated rings. The molecule has 1 atom stereocenters. The summed E-state index contributed by atoms with van der Waals surface area (Å²) in [5.74, 6) is 2.93. The van der Waals surface area contributed by atoms with Gasteiger partial charge in [-0.05, 0) is 87.8 Å². The Bertz CT molecular complexity index is 807. The molecule has 1 N–H and O–H groups in total. The summed E-state index contributed by atoms with van der Waals surface area (Å²) in [6.45, 7) is 3.42. The lowest BCUT2D eigenvalue weighted by Gasteiger charge is -2.59. The first-order valence-corrected chi connectivity index (χ1v) is 11.6. The molecule has 2 aromatic rings. The van der Waals surface area contributed by atoms with Crippen LogP contribution in [-0.2, 0) is 11.3 Å². The zero-order valence-electron chi connectivity index (χ0n) is 17.0. The number of aromatic nitrogens is 1. The van der Waals surface area contributed by atoms with E-state index >= 15 is 0 Å². The summed E-state index contributed by atoms with van der Waals surface area (Å²) >= 11 is 1.72. The van der Waals surface area contributed by atoms with Gasteiger partial charge in [0.25, 0.3) is 0 Å². The molecule has 4 nitrogen and oxygen atoms in total. The van der Waals surface area contributed by atoms with Crippen LogP contribution >= 0.6 is 11.3 Å². The van der Waals surface area contributed by atoms with Gasteiger partial charge in [-0.15, -0.1) is 11.3 Å². The monoisotopic (exact) mass is 397 g/mol. The number of thiazole rings is 1. The molecular weight excluding hydrogens is 366 g/mol. The van der Waals surface area contributed by atoms with Gasteiger partial charge in [0.2, 0.25) is 5.91 Å². The predicted octanol–water partition coefficient (Wildman–Crippen LogP) is 4.45. The van der Waals surface area contributed by atoms with E-state index in [0.717, 1.165) is 34.8 Å². The second kappa shape index (κ2) is 7.10. The number of amides is 1. The van der Waals surface area contributed by atoms with Crippen LogP contribution in [0.15, 0.2) is 24.3 Å². The average Bonchev–Trinajstić information content (AvgIpc) is 3.02. The number of fused-ring (bicyclic) bond motifs is 1. The van der Waals surface area contributed by atoms with E-state index in [9.17, 15) is 4.79 Å². The molecule has 1 aromatic carbocycles. The topological polar surface area (TPSA) is 45.2 Å². The van der Waals surface area contributed by atoms with Crippen LogP contribution < -0.4 is 5.32 Å². The molecule has 0 radical (unpaired) electrons. The Balaban J connectivity index is 1.18. The molecule has 1 aromatic heterocycles. The Morgan fingerprint density at radius 3 is 2.50 bits per heavy atom. The van der Waals surface area contributed by atoms with Crippen LogP contribution in [0.2, 0.25) is 0 Å². The van der Waals surface area contributed by atoms with Gasteiger partial charge in [-0.1, -0.05) is 12.1 Å². The van der Waals surface area contributed by atoms with Crippen molar-refractivity contribution in [2.24, 2.45) is 23.2 Å². The minimum absolute atomic E-state index is 0.159. The van der Waals surface area contributed by atoms with Crippen LogP contribution in [0.25, 0.3) is 10.2 Å². The molecule has 150 valence electrons. The quantitative estimate of drug-likeness (QED) is 0.783. The molecule has 5 heteroatoms. The fourth-order valence-corrected chi connectivity index (χ4v) is 7.72. The van der Waals surface area contributed by atoms with E-state index < -0.39 is 0 Å². The molecular formula is C23H31N3OS. The van der Waals surface area contributed by atoms with Crippen molar-refractivity contribution >= 4 is 27.5 Å². The lowest BCUT2D eigenvalue weighted by molar-refractivity contribution is -0.126. The number of nitrogens with one attached hydrogen (secondary N) is 1. The van der Waals surface area contributed by atoms with Gasteiger partial charge < -0.3 is 5.32 Å². The van der Waals surface area contributed by atoms with Gasteiger partial charge in [-0.2, -0.15) is 0 Å². The first kappa shape index (κ1) is 18.6. The molecule has 0 aliphatic heterocycles. The Hall–Kier alpha value is -1.46. The van der Waals surface area contributed by atoms with E-state index in [-0.39, 0.29) is 5.91 Å². The second-order valence-electron chi connectivity index (χ2n) is 9.82. The molecule has 4 saturated carbocycles. The molecule has 0 spiro atoms. The molecule has 28 heavy (non-hydrogen) atoms. The Kier molecular flexibility index (Phi) is 4.71. The molecule has 1 heterocycles. The highest BCUT2D eigenvalue weighted by Gasteiger charge is 2.53. The highest BCUT2D eigenvalue weighted by molar-refractivity contribution is 7.18. The zero-order chi connectivity index (χ0) is 19.3. The highest BCUT2D eigenvalue weighted by atomic mass is 32.1. The Morgan fingerprint density at radius 2 is 1.86 bits per heavy atom. The fraction of sp³-hybridized carbons (Fsp3) is 0.652. The van der Waals surface area contributed by atoms with Gasteiger partial charge in [0, 0.05) is 6.04 Å². The number of likely N-dealkylation sites (N-methyl/N-ethyl adjacent to an activating group) is 1. The van der Waals surface area contributed by atoms with E-state index in [0.29, 0.717) is 18.0 Å². The van der Waals surface area contributed by atoms with Gasteiger partial charge in [-0.25, -0.2) is 4.98 Å². The zero-order valence-corrected chi connectivity index (χ0v) is 17.8. The third-order valence-corrected chi connectivity index (χ3v) is 8.56. The number of hydrogen-bond donors (Lipinski definition) is 1. The summed E-state index contributed by atoms with van der Waals surface area (Å²) in [5.41, 5.74) is 1.42. The summed E-state index contributed by atoms with van der Waals surface area (Å²) in [7, 11) is 2.01. The van der Waals surface area contributed by atoms with Crippen molar-refractivity contribution in [3.63, 3.8) is 0 Å². The van der Waals surface area contributed by atoms with E-state index in [4.69, 9.17) is 4.98 Å². The van der Waals surface area contributed by atoms with Gasteiger partial charge in [-0.3, -0.25) is 9.69 Å². The number of carbonyl (C=O) groups is 1. The van der Waals surface area contributed by atoms with Crippen molar-refractivity contribution in [1.82, 2.24) is 15.2 Å². The van der Waals surface area contributed by atoms with Crippen molar-refractivity contribution in [3.05, 3.63) is 29.3 Å². The number of benzene rings is 1. The highest BCUT2D eigenvalue weighted by Crippen LogP contribution is 2.61. The molecule has 0 unspecified atom stereocenters. The van der Waals surface area contributed by atoms with Crippen LogP contribution in [0.3, 0.4) is 0 Å². The van der Waals surface area contributed by atoms with Crippen molar-refractivity contribution < 1.29 is 4.79 Å². The number of carbonyl (C=O) groups excluding carboxylic acids is 1. The SMILES string of the molecule is C[C@@H](NC(=O)CN(C)Cc1nc2ccccc2s1)C12CC3CC(CC(C3)C1)C2. The summed E-state index contributed by atoms with van der Waals surface area (Å²) in [4.78, 5) is 19.5. The summed E-state index contributed by atoms with van der Waals surface area (Å²) in [5, 5.41) is 4.46. The van der Waals surface area contributed by atoms with E-state index in [2.05, 4.69) is 29.3 Å². The fourth-order valence-electron chi connectivity index (χ4n) is 6.67. The lowest BCUT2D eigenvalue weighted by Crippen LogP contribution is -2.56. The first-order chi connectivity index (χ1) is 13.5. The number of para-hydroxylation sites is 1. The number of hydrogen-bond acceptors (Lipinski definition) is 4. The summed E-state index contributed by atoms with van der Waals surface area (Å²) in [6, 6.07) is 8.53. The van der Waals surface area contributed by atoms with Crippen molar-refractivity contribution in [1.29, 1.82) is 0 Å². The minimum Gasteiger partial charge on any atom is -0.352 e.